The maximum absolute atomic E-state index is 12.8. The van der Waals surface area contributed by atoms with Gasteiger partial charge in [-0.15, -0.1) is 0 Å². The van der Waals surface area contributed by atoms with Gasteiger partial charge in [-0.3, -0.25) is 4.79 Å². The summed E-state index contributed by atoms with van der Waals surface area (Å²) in [6.07, 6.45) is 0. The monoisotopic (exact) mass is 447 g/mol. The number of hydrogen-bond acceptors (Lipinski definition) is 3. The number of aromatic carboxylic acids is 1. The van der Waals surface area contributed by atoms with Gasteiger partial charge < -0.3 is 15.2 Å². The van der Waals surface area contributed by atoms with Crippen LogP contribution in [0.4, 0.5) is 5.69 Å². The molecule has 0 bridgehead atoms. The number of benzene rings is 5. The maximum Gasteiger partial charge on any atom is 0.337 e. The van der Waals surface area contributed by atoms with Gasteiger partial charge >= 0.3 is 5.97 Å². The summed E-state index contributed by atoms with van der Waals surface area (Å²) in [5.74, 6) is -1.11. The van der Waals surface area contributed by atoms with Gasteiger partial charge in [0.1, 0.15) is 12.4 Å². The molecule has 0 aliphatic heterocycles. The first-order chi connectivity index (χ1) is 16.6. The second-order valence-electron chi connectivity index (χ2n) is 8.00. The standard InChI is InChI=1S/C29H21NO4/c31-28(24-12-11-21-6-2-4-8-23(21)16-24)30-27-14-13-25(17-26(27)29(32)33)34-18-19-9-10-20-5-1-3-7-22(20)15-19/h1-17H,18H2,(H,30,31)(H,32,33). The van der Waals surface area contributed by atoms with Gasteiger partial charge in [0.2, 0.25) is 0 Å². The second-order valence-corrected chi connectivity index (χ2v) is 8.00. The van der Waals surface area contributed by atoms with E-state index in [-0.39, 0.29) is 17.2 Å². The smallest absolute Gasteiger partial charge is 0.337 e. The lowest BCUT2D eigenvalue weighted by Gasteiger charge is -2.12. The fraction of sp³-hybridized carbons (Fsp3) is 0.0345. The van der Waals surface area contributed by atoms with Crippen LogP contribution in [0.2, 0.25) is 0 Å². The van der Waals surface area contributed by atoms with Crippen LogP contribution >= 0.6 is 0 Å². The lowest BCUT2D eigenvalue weighted by molar-refractivity contribution is 0.0697. The molecule has 1 amide bonds. The molecule has 0 fully saturated rings. The summed E-state index contributed by atoms with van der Waals surface area (Å²) in [6, 6.07) is 31.9. The van der Waals surface area contributed by atoms with E-state index in [4.69, 9.17) is 4.74 Å². The first kappa shape index (κ1) is 21.2. The summed E-state index contributed by atoms with van der Waals surface area (Å²) in [4.78, 5) is 24.7. The summed E-state index contributed by atoms with van der Waals surface area (Å²) in [7, 11) is 0. The number of nitrogens with one attached hydrogen (secondary N) is 1. The van der Waals surface area contributed by atoms with Gasteiger partial charge in [-0.25, -0.2) is 4.79 Å². The maximum atomic E-state index is 12.8. The van der Waals surface area contributed by atoms with E-state index in [0.717, 1.165) is 27.1 Å². The Bertz CT molecular complexity index is 1540. The summed E-state index contributed by atoms with van der Waals surface area (Å²) >= 11 is 0. The molecule has 0 saturated carbocycles. The number of carbonyl (C=O) groups excluding carboxylic acids is 1. The number of rotatable bonds is 6. The number of carbonyl (C=O) groups is 2. The number of anilines is 1. The molecule has 0 unspecified atom stereocenters. The van der Waals surface area contributed by atoms with Crippen LogP contribution in [0, 0.1) is 0 Å². The minimum absolute atomic E-state index is 0.0369. The molecule has 5 rings (SSSR count). The van der Waals surface area contributed by atoms with Crippen LogP contribution in [0.5, 0.6) is 5.75 Å². The van der Waals surface area contributed by atoms with Crippen LogP contribution in [0.15, 0.2) is 103 Å². The molecule has 0 spiro atoms. The average Bonchev–Trinajstić information content (AvgIpc) is 2.87. The van der Waals surface area contributed by atoms with Crippen molar-refractivity contribution in [2.45, 2.75) is 6.61 Å². The van der Waals surface area contributed by atoms with Crippen LogP contribution in [0.1, 0.15) is 26.3 Å². The third kappa shape index (κ3) is 4.45. The predicted molar refractivity (Wildman–Crippen MR) is 134 cm³/mol. The van der Waals surface area contributed by atoms with Crippen molar-refractivity contribution in [2.24, 2.45) is 0 Å². The molecular weight excluding hydrogens is 426 g/mol. The van der Waals surface area contributed by atoms with Crippen LogP contribution in [0.3, 0.4) is 0 Å². The molecule has 0 aliphatic carbocycles. The molecule has 0 aromatic heterocycles. The molecule has 0 heterocycles. The predicted octanol–water partition coefficient (Wildman–Crippen LogP) is 6.52. The van der Waals surface area contributed by atoms with E-state index in [2.05, 4.69) is 5.32 Å². The lowest BCUT2D eigenvalue weighted by Crippen LogP contribution is -2.15. The van der Waals surface area contributed by atoms with Gasteiger partial charge in [-0.05, 0) is 63.5 Å². The topological polar surface area (TPSA) is 75.6 Å². The minimum Gasteiger partial charge on any atom is -0.489 e. The molecule has 0 radical (unpaired) electrons. The fourth-order valence-electron chi connectivity index (χ4n) is 3.92. The van der Waals surface area contributed by atoms with E-state index in [1.165, 1.54) is 6.07 Å². The lowest BCUT2D eigenvalue weighted by atomic mass is 10.1. The molecule has 0 aliphatic rings. The van der Waals surface area contributed by atoms with Crippen molar-refractivity contribution in [3.05, 3.63) is 120 Å². The van der Waals surface area contributed by atoms with Crippen LogP contribution in [0.25, 0.3) is 21.5 Å². The van der Waals surface area contributed by atoms with Gasteiger partial charge in [0.25, 0.3) is 5.91 Å². The van der Waals surface area contributed by atoms with Gasteiger partial charge in [-0.2, -0.15) is 0 Å². The number of carboxylic acids is 1. The van der Waals surface area contributed by atoms with Crippen molar-refractivity contribution >= 4 is 39.1 Å². The number of fused-ring (bicyclic) bond motifs is 2. The zero-order valence-electron chi connectivity index (χ0n) is 18.2. The van der Waals surface area contributed by atoms with E-state index in [0.29, 0.717) is 17.9 Å². The molecule has 0 atom stereocenters. The van der Waals surface area contributed by atoms with Crippen molar-refractivity contribution in [3.8, 4) is 5.75 Å². The van der Waals surface area contributed by atoms with Gasteiger partial charge in [0.15, 0.2) is 0 Å². The first-order valence-corrected chi connectivity index (χ1v) is 10.8. The highest BCUT2D eigenvalue weighted by atomic mass is 16.5. The molecule has 2 N–H and O–H groups in total. The van der Waals surface area contributed by atoms with Crippen LogP contribution in [-0.2, 0) is 6.61 Å². The zero-order valence-corrected chi connectivity index (χ0v) is 18.2. The Morgan fingerprint density at radius 1 is 0.706 bits per heavy atom. The zero-order chi connectivity index (χ0) is 23.5. The molecule has 5 heteroatoms. The first-order valence-electron chi connectivity index (χ1n) is 10.8. The summed E-state index contributed by atoms with van der Waals surface area (Å²) in [6.45, 7) is 0.298. The molecule has 0 saturated heterocycles. The number of ether oxygens (including phenoxy) is 1. The third-order valence-corrected chi connectivity index (χ3v) is 5.70. The molecule has 34 heavy (non-hydrogen) atoms. The van der Waals surface area contributed by atoms with E-state index < -0.39 is 5.97 Å². The molecule has 5 nitrogen and oxygen atoms in total. The van der Waals surface area contributed by atoms with Crippen molar-refractivity contribution in [1.82, 2.24) is 0 Å². The molecule has 166 valence electrons. The normalized spacial score (nSPS) is 10.8. The average molecular weight is 447 g/mol. The minimum atomic E-state index is -1.15. The number of hydrogen-bond donors (Lipinski definition) is 2. The van der Waals surface area contributed by atoms with Gasteiger partial charge in [0.05, 0.1) is 11.3 Å². The van der Waals surface area contributed by atoms with E-state index in [1.807, 2.05) is 72.8 Å². The van der Waals surface area contributed by atoms with Crippen molar-refractivity contribution < 1.29 is 19.4 Å². The van der Waals surface area contributed by atoms with Gasteiger partial charge in [0, 0.05) is 5.56 Å². The Labute approximate surface area is 196 Å². The summed E-state index contributed by atoms with van der Waals surface area (Å²) in [5, 5.41) is 16.6. The fourth-order valence-corrected chi connectivity index (χ4v) is 3.92. The largest absolute Gasteiger partial charge is 0.489 e. The van der Waals surface area contributed by atoms with E-state index in [1.54, 1.807) is 24.3 Å². The van der Waals surface area contributed by atoms with Gasteiger partial charge in [-0.1, -0.05) is 66.7 Å². The third-order valence-electron chi connectivity index (χ3n) is 5.70. The summed E-state index contributed by atoms with van der Waals surface area (Å²) < 4.78 is 5.85. The second kappa shape index (κ2) is 9.08. The van der Waals surface area contributed by atoms with E-state index in [9.17, 15) is 14.7 Å². The van der Waals surface area contributed by atoms with Crippen molar-refractivity contribution in [2.75, 3.05) is 5.32 Å². The van der Waals surface area contributed by atoms with Crippen molar-refractivity contribution in [3.63, 3.8) is 0 Å². The van der Waals surface area contributed by atoms with Crippen LogP contribution < -0.4 is 10.1 Å². The number of amides is 1. The Morgan fingerprint density at radius 3 is 2.06 bits per heavy atom. The highest BCUT2D eigenvalue weighted by molar-refractivity contribution is 6.09. The van der Waals surface area contributed by atoms with Crippen LogP contribution in [-0.4, -0.2) is 17.0 Å². The molecular formula is C29H21NO4. The Morgan fingerprint density at radius 2 is 1.35 bits per heavy atom. The Hall–Kier alpha value is -4.64. The molecule has 5 aromatic carbocycles. The summed E-state index contributed by atoms with van der Waals surface area (Å²) in [5.41, 5.74) is 1.60. The molecule has 5 aromatic rings. The SMILES string of the molecule is O=C(Nc1ccc(OCc2ccc3ccccc3c2)cc1C(=O)O)c1ccc2ccccc2c1. The quantitative estimate of drug-likeness (QED) is 0.311. The Kier molecular flexibility index (Phi) is 5.67. The van der Waals surface area contributed by atoms with E-state index >= 15 is 0 Å². The number of carboxylic acid groups (broad SMARTS) is 1. The Balaban J connectivity index is 1.33. The highest BCUT2D eigenvalue weighted by Gasteiger charge is 2.15. The highest BCUT2D eigenvalue weighted by Crippen LogP contribution is 2.25. The van der Waals surface area contributed by atoms with Crippen molar-refractivity contribution in [1.29, 1.82) is 0 Å².